The highest BCUT2D eigenvalue weighted by molar-refractivity contribution is 14.0. The molecule has 2 heterocycles. The summed E-state index contributed by atoms with van der Waals surface area (Å²) in [6.07, 6.45) is 9.06. The Morgan fingerprint density at radius 2 is 2.15 bits per heavy atom. The Morgan fingerprint density at radius 3 is 2.69 bits per heavy atom. The van der Waals surface area contributed by atoms with Crippen molar-refractivity contribution in [3.05, 3.63) is 12.4 Å². The minimum atomic E-state index is 0. The maximum absolute atomic E-state index is 12.6. The number of carbonyl (C=O) groups excluding carboxylic acids is 1. The fourth-order valence-electron chi connectivity index (χ4n) is 3.88. The van der Waals surface area contributed by atoms with Gasteiger partial charge in [-0.15, -0.1) is 24.0 Å². The Bertz CT molecular complexity index is 679. The Labute approximate surface area is 172 Å². The van der Waals surface area contributed by atoms with Crippen LogP contribution < -0.4 is 10.2 Å². The number of piperazine rings is 1. The van der Waals surface area contributed by atoms with Crippen LogP contribution in [0.5, 0.6) is 0 Å². The third-order valence-corrected chi connectivity index (χ3v) is 5.74. The number of aryl methyl sites for hydroxylation is 1. The number of carbonyl (C=O) groups is 1. The second-order valence-corrected chi connectivity index (χ2v) is 7.65. The van der Waals surface area contributed by atoms with Gasteiger partial charge in [-0.2, -0.15) is 5.10 Å². The number of amides is 1. The molecule has 4 rings (SSSR count). The number of hydrogen-bond donors (Lipinski definition) is 1. The van der Waals surface area contributed by atoms with E-state index in [1.807, 2.05) is 18.1 Å². The SMILES string of the molecule is CCNC(=NCC1(C2CC2)CC1)N1CCN(c2cnn(C)c2)C(=O)C1.I. The van der Waals surface area contributed by atoms with Gasteiger partial charge in [-0.1, -0.05) is 0 Å². The zero-order chi connectivity index (χ0) is 17.4. The molecule has 0 aromatic carbocycles. The molecule has 1 aromatic rings. The molecule has 2 aliphatic carbocycles. The summed E-state index contributed by atoms with van der Waals surface area (Å²) in [5.74, 6) is 1.91. The van der Waals surface area contributed by atoms with Crippen LogP contribution in [0.1, 0.15) is 32.6 Å². The normalized spacial score (nSPS) is 22.2. The number of guanidine groups is 1. The molecule has 1 saturated heterocycles. The van der Waals surface area contributed by atoms with Crippen molar-refractivity contribution in [3.63, 3.8) is 0 Å². The fraction of sp³-hybridized carbons (Fsp3) is 0.722. The van der Waals surface area contributed by atoms with Crippen molar-refractivity contribution in [2.75, 3.05) is 37.6 Å². The van der Waals surface area contributed by atoms with Gasteiger partial charge in [-0.05, 0) is 43.9 Å². The topological polar surface area (TPSA) is 65.8 Å². The monoisotopic (exact) mass is 472 g/mol. The van der Waals surface area contributed by atoms with Crippen molar-refractivity contribution in [1.29, 1.82) is 0 Å². The predicted octanol–water partition coefficient (Wildman–Crippen LogP) is 1.84. The average Bonchev–Trinajstić information content (AvgIpc) is 3.50. The summed E-state index contributed by atoms with van der Waals surface area (Å²) >= 11 is 0. The van der Waals surface area contributed by atoms with Gasteiger partial charge in [0, 0.05) is 39.4 Å². The van der Waals surface area contributed by atoms with E-state index in [1.165, 1.54) is 25.7 Å². The van der Waals surface area contributed by atoms with Crippen molar-refractivity contribution in [2.24, 2.45) is 23.4 Å². The van der Waals surface area contributed by atoms with Crippen LogP contribution in [0.15, 0.2) is 17.4 Å². The molecule has 144 valence electrons. The molecule has 0 bridgehead atoms. The molecule has 2 saturated carbocycles. The fourth-order valence-corrected chi connectivity index (χ4v) is 3.88. The summed E-state index contributed by atoms with van der Waals surface area (Å²) < 4.78 is 1.73. The van der Waals surface area contributed by atoms with Crippen molar-refractivity contribution in [1.82, 2.24) is 20.0 Å². The van der Waals surface area contributed by atoms with Crippen molar-refractivity contribution >= 4 is 41.5 Å². The largest absolute Gasteiger partial charge is 0.357 e. The number of nitrogens with zero attached hydrogens (tertiary/aromatic N) is 5. The van der Waals surface area contributed by atoms with E-state index in [2.05, 4.69) is 22.2 Å². The maximum Gasteiger partial charge on any atom is 0.246 e. The number of aromatic nitrogens is 2. The number of aliphatic imine (C=N–C) groups is 1. The van der Waals surface area contributed by atoms with Gasteiger partial charge in [-0.25, -0.2) is 0 Å². The number of halogens is 1. The molecule has 1 aliphatic heterocycles. The van der Waals surface area contributed by atoms with E-state index in [9.17, 15) is 4.79 Å². The van der Waals surface area contributed by atoms with Gasteiger partial charge in [0.05, 0.1) is 11.9 Å². The lowest BCUT2D eigenvalue weighted by Gasteiger charge is -2.35. The smallest absolute Gasteiger partial charge is 0.246 e. The zero-order valence-corrected chi connectivity index (χ0v) is 18.0. The average molecular weight is 472 g/mol. The Hall–Kier alpha value is -1.32. The summed E-state index contributed by atoms with van der Waals surface area (Å²) in [6, 6.07) is 0. The first-order valence-electron chi connectivity index (χ1n) is 9.43. The van der Waals surface area contributed by atoms with E-state index in [4.69, 9.17) is 4.99 Å². The Balaban J connectivity index is 0.00000196. The highest BCUT2D eigenvalue weighted by Gasteiger charge is 2.53. The molecule has 0 unspecified atom stereocenters. The minimum Gasteiger partial charge on any atom is -0.357 e. The molecule has 26 heavy (non-hydrogen) atoms. The molecule has 3 fully saturated rings. The molecule has 8 heteroatoms. The van der Waals surface area contributed by atoms with Gasteiger partial charge >= 0.3 is 0 Å². The van der Waals surface area contributed by atoms with Crippen LogP contribution in [0.2, 0.25) is 0 Å². The molecular formula is C18H29IN6O. The summed E-state index contributed by atoms with van der Waals surface area (Å²) in [5.41, 5.74) is 1.36. The van der Waals surface area contributed by atoms with E-state index >= 15 is 0 Å². The Kier molecular flexibility index (Phi) is 5.78. The third kappa shape index (κ3) is 3.99. The molecule has 3 aliphatic rings. The summed E-state index contributed by atoms with van der Waals surface area (Å²) in [5, 5.41) is 7.55. The zero-order valence-electron chi connectivity index (χ0n) is 15.6. The first-order valence-corrected chi connectivity index (χ1v) is 9.43. The van der Waals surface area contributed by atoms with E-state index in [0.29, 0.717) is 18.5 Å². The maximum atomic E-state index is 12.6. The van der Waals surface area contributed by atoms with Gasteiger partial charge in [0.15, 0.2) is 5.96 Å². The molecule has 0 atom stereocenters. The predicted molar refractivity (Wildman–Crippen MR) is 113 cm³/mol. The lowest BCUT2D eigenvalue weighted by molar-refractivity contribution is -0.120. The lowest BCUT2D eigenvalue weighted by Crippen LogP contribution is -2.55. The number of nitrogens with one attached hydrogen (secondary N) is 1. The molecule has 0 spiro atoms. The summed E-state index contributed by atoms with van der Waals surface area (Å²) in [6.45, 7) is 5.66. The number of rotatable bonds is 5. The molecule has 1 amide bonds. The van der Waals surface area contributed by atoms with E-state index < -0.39 is 0 Å². The van der Waals surface area contributed by atoms with Crippen molar-refractivity contribution < 1.29 is 4.79 Å². The van der Waals surface area contributed by atoms with E-state index in [1.54, 1.807) is 10.9 Å². The third-order valence-electron chi connectivity index (χ3n) is 5.74. The molecule has 0 radical (unpaired) electrons. The van der Waals surface area contributed by atoms with Gasteiger partial charge < -0.3 is 15.1 Å². The number of anilines is 1. The molecule has 1 aromatic heterocycles. The van der Waals surface area contributed by atoms with Gasteiger partial charge in [-0.3, -0.25) is 14.5 Å². The number of hydrogen-bond acceptors (Lipinski definition) is 3. The summed E-state index contributed by atoms with van der Waals surface area (Å²) in [4.78, 5) is 21.5. The molecule has 7 nitrogen and oxygen atoms in total. The highest BCUT2D eigenvalue weighted by Crippen LogP contribution is 2.61. The van der Waals surface area contributed by atoms with Crippen LogP contribution >= 0.6 is 24.0 Å². The van der Waals surface area contributed by atoms with Crippen LogP contribution in [-0.2, 0) is 11.8 Å². The van der Waals surface area contributed by atoms with E-state index in [-0.39, 0.29) is 29.9 Å². The highest BCUT2D eigenvalue weighted by atomic mass is 127. The van der Waals surface area contributed by atoms with Crippen LogP contribution in [-0.4, -0.2) is 59.3 Å². The minimum absolute atomic E-state index is 0. The first kappa shape index (κ1) is 19.4. The van der Waals surface area contributed by atoms with Gasteiger partial charge in [0.1, 0.15) is 6.54 Å². The van der Waals surface area contributed by atoms with Crippen LogP contribution in [0, 0.1) is 11.3 Å². The second-order valence-electron chi connectivity index (χ2n) is 7.65. The van der Waals surface area contributed by atoms with Crippen molar-refractivity contribution in [3.8, 4) is 0 Å². The molecule has 1 N–H and O–H groups in total. The first-order chi connectivity index (χ1) is 12.1. The van der Waals surface area contributed by atoms with Crippen LogP contribution in [0.25, 0.3) is 0 Å². The Morgan fingerprint density at radius 1 is 1.38 bits per heavy atom. The van der Waals surface area contributed by atoms with Crippen LogP contribution in [0.4, 0.5) is 5.69 Å². The van der Waals surface area contributed by atoms with Crippen LogP contribution in [0.3, 0.4) is 0 Å². The van der Waals surface area contributed by atoms with Gasteiger partial charge in [0.25, 0.3) is 0 Å². The van der Waals surface area contributed by atoms with Crippen molar-refractivity contribution in [2.45, 2.75) is 32.6 Å². The van der Waals surface area contributed by atoms with E-state index in [0.717, 1.165) is 37.2 Å². The second kappa shape index (κ2) is 7.74. The lowest BCUT2D eigenvalue weighted by atomic mass is 10.0. The summed E-state index contributed by atoms with van der Waals surface area (Å²) in [7, 11) is 1.87. The quantitative estimate of drug-likeness (QED) is 0.404. The molecular weight excluding hydrogens is 443 g/mol. The standard InChI is InChI=1S/C18H28N6O.HI/c1-3-19-17(20-13-18(6-7-18)14-4-5-14)23-8-9-24(16(25)12-23)15-10-21-22(2)11-15;/h10-11,14H,3-9,12-13H2,1-2H3,(H,19,20);1H. The van der Waals surface area contributed by atoms with Gasteiger partial charge in [0.2, 0.25) is 5.91 Å².